The first kappa shape index (κ1) is 13.6. The van der Waals surface area contributed by atoms with Gasteiger partial charge in [-0.25, -0.2) is 0 Å². The van der Waals surface area contributed by atoms with Crippen molar-refractivity contribution >= 4 is 17.9 Å². The van der Waals surface area contributed by atoms with Gasteiger partial charge in [-0.2, -0.15) is 0 Å². The SMILES string of the molecule is COC(=O)CCOc1ccc([N+](=O)[O-])cc1C=O. The Bertz CT molecular complexity index is 471. The summed E-state index contributed by atoms with van der Waals surface area (Å²) in [6.45, 7) is 0.0331. The lowest BCUT2D eigenvalue weighted by Gasteiger charge is -2.07. The minimum atomic E-state index is -0.606. The van der Waals surface area contributed by atoms with Crippen LogP contribution in [0.2, 0.25) is 0 Å². The van der Waals surface area contributed by atoms with E-state index in [9.17, 15) is 19.7 Å². The Balaban J connectivity index is 2.74. The van der Waals surface area contributed by atoms with Crippen LogP contribution in [0, 0.1) is 10.1 Å². The lowest BCUT2D eigenvalue weighted by atomic mass is 10.2. The second kappa shape index (κ2) is 6.33. The molecule has 0 aliphatic rings. The summed E-state index contributed by atoms with van der Waals surface area (Å²) in [4.78, 5) is 31.5. The van der Waals surface area contributed by atoms with E-state index in [2.05, 4.69) is 4.74 Å². The number of nitro benzene ring substituents is 1. The molecule has 0 saturated heterocycles. The van der Waals surface area contributed by atoms with Crippen molar-refractivity contribution in [2.24, 2.45) is 0 Å². The van der Waals surface area contributed by atoms with Crippen LogP contribution in [-0.4, -0.2) is 30.9 Å². The van der Waals surface area contributed by atoms with E-state index < -0.39 is 10.9 Å². The minimum Gasteiger partial charge on any atom is -0.492 e. The van der Waals surface area contributed by atoms with E-state index >= 15 is 0 Å². The fourth-order valence-electron chi connectivity index (χ4n) is 1.22. The normalized spacial score (nSPS) is 9.61. The average molecular weight is 253 g/mol. The number of hydrogen-bond donors (Lipinski definition) is 0. The first-order chi connectivity index (χ1) is 8.58. The number of benzene rings is 1. The molecule has 0 radical (unpaired) electrons. The second-order valence-corrected chi connectivity index (χ2v) is 3.27. The molecule has 0 heterocycles. The van der Waals surface area contributed by atoms with Gasteiger partial charge in [-0.1, -0.05) is 0 Å². The summed E-state index contributed by atoms with van der Waals surface area (Å²) in [5.74, 6) is -0.246. The van der Waals surface area contributed by atoms with Gasteiger partial charge in [0.15, 0.2) is 6.29 Å². The maximum atomic E-state index is 10.8. The van der Waals surface area contributed by atoms with Crippen LogP contribution in [0.5, 0.6) is 5.75 Å². The zero-order valence-electron chi connectivity index (χ0n) is 9.62. The Morgan fingerprint density at radius 2 is 2.22 bits per heavy atom. The monoisotopic (exact) mass is 253 g/mol. The molecule has 0 aromatic heterocycles. The number of aldehydes is 1. The lowest BCUT2D eigenvalue weighted by Crippen LogP contribution is -2.08. The zero-order chi connectivity index (χ0) is 13.5. The van der Waals surface area contributed by atoms with Gasteiger partial charge in [0, 0.05) is 12.1 Å². The highest BCUT2D eigenvalue weighted by atomic mass is 16.6. The Morgan fingerprint density at radius 3 is 2.78 bits per heavy atom. The van der Waals surface area contributed by atoms with Crippen molar-refractivity contribution in [3.8, 4) is 5.75 Å². The van der Waals surface area contributed by atoms with Crippen LogP contribution in [0.25, 0.3) is 0 Å². The zero-order valence-corrected chi connectivity index (χ0v) is 9.62. The third kappa shape index (κ3) is 3.55. The Kier molecular flexibility index (Phi) is 4.79. The molecular formula is C11H11NO6. The average Bonchev–Trinajstić information content (AvgIpc) is 2.38. The van der Waals surface area contributed by atoms with E-state index in [1.165, 1.54) is 19.2 Å². The molecule has 0 amide bonds. The summed E-state index contributed by atoms with van der Waals surface area (Å²) in [7, 11) is 1.26. The molecule has 0 aliphatic carbocycles. The quantitative estimate of drug-likeness (QED) is 0.328. The summed E-state index contributed by atoms with van der Waals surface area (Å²) in [6, 6.07) is 3.65. The van der Waals surface area contributed by atoms with Crippen molar-refractivity contribution in [3.05, 3.63) is 33.9 Å². The van der Waals surface area contributed by atoms with Gasteiger partial charge >= 0.3 is 5.97 Å². The van der Waals surface area contributed by atoms with E-state index in [4.69, 9.17) is 4.74 Å². The highest BCUT2D eigenvalue weighted by molar-refractivity contribution is 5.80. The van der Waals surface area contributed by atoms with Crippen LogP contribution in [0.4, 0.5) is 5.69 Å². The van der Waals surface area contributed by atoms with Crippen LogP contribution in [0.3, 0.4) is 0 Å². The highest BCUT2D eigenvalue weighted by Crippen LogP contribution is 2.22. The topological polar surface area (TPSA) is 95.7 Å². The Labute approximate surface area is 102 Å². The summed E-state index contributed by atoms with van der Waals surface area (Å²) >= 11 is 0. The van der Waals surface area contributed by atoms with Crippen molar-refractivity contribution in [1.29, 1.82) is 0 Å². The highest BCUT2D eigenvalue weighted by Gasteiger charge is 2.11. The van der Waals surface area contributed by atoms with Crippen LogP contribution in [0.1, 0.15) is 16.8 Å². The number of nitrogens with zero attached hydrogens (tertiary/aromatic N) is 1. The molecule has 1 rings (SSSR count). The Hall–Kier alpha value is -2.44. The third-order valence-electron chi connectivity index (χ3n) is 2.12. The molecule has 7 nitrogen and oxygen atoms in total. The van der Waals surface area contributed by atoms with Crippen molar-refractivity contribution < 1.29 is 24.0 Å². The number of carbonyl (C=O) groups excluding carboxylic acids is 2. The number of esters is 1. The smallest absolute Gasteiger partial charge is 0.308 e. The number of ether oxygens (including phenoxy) is 2. The van der Waals surface area contributed by atoms with Gasteiger partial charge < -0.3 is 9.47 Å². The number of nitro groups is 1. The Morgan fingerprint density at radius 1 is 1.50 bits per heavy atom. The molecule has 0 saturated carbocycles. The van der Waals surface area contributed by atoms with Crippen LogP contribution in [0.15, 0.2) is 18.2 Å². The molecule has 0 N–H and O–H groups in total. The number of non-ortho nitro benzene ring substituents is 1. The van der Waals surface area contributed by atoms with Crippen LogP contribution >= 0.6 is 0 Å². The molecule has 1 aromatic rings. The maximum absolute atomic E-state index is 10.8. The number of carbonyl (C=O) groups is 2. The molecule has 7 heteroatoms. The van der Waals surface area contributed by atoms with Gasteiger partial charge in [0.2, 0.25) is 0 Å². The van der Waals surface area contributed by atoms with Gasteiger partial charge in [-0.3, -0.25) is 19.7 Å². The van der Waals surface area contributed by atoms with Crippen LogP contribution in [-0.2, 0) is 9.53 Å². The van der Waals surface area contributed by atoms with E-state index in [0.29, 0.717) is 6.29 Å². The number of hydrogen-bond acceptors (Lipinski definition) is 6. The van der Waals surface area contributed by atoms with Gasteiger partial charge in [0.05, 0.1) is 30.6 Å². The van der Waals surface area contributed by atoms with Crippen molar-refractivity contribution in [3.63, 3.8) is 0 Å². The van der Waals surface area contributed by atoms with Gasteiger partial charge in [0.25, 0.3) is 5.69 Å². The van der Waals surface area contributed by atoms with Crippen molar-refractivity contribution in [2.45, 2.75) is 6.42 Å². The molecule has 1 aromatic carbocycles. The first-order valence-corrected chi connectivity index (χ1v) is 5.01. The van der Waals surface area contributed by atoms with Gasteiger partial charge in [-0.15, -0.1) is 0 Å². The third-order valence-corrected chi connectivity index (χ3v) is 2.12. The predicted molar refractivity (Wildman–Crippen MR) is 60.6 cm³/mol. The minimum absolute atomic E-state index is 0.0331. The molecule has 0 spiro atoms. The molecule has 0 unspecified atom stereocenters. The van der Waals surface area contributed by atoms with Gasteiger partial charge in [-0.05, 0) is 6.07 Å². The standard InChI is InChI=1S/C11H11NO6/c1-17-11(14)4-5-18-10-3-2-9(12(15)16)6-8(10)7-13/h2-3,6-7H,4-5H2,1H3. The summed E-state index contributed by atoms with van der Waals surface area (Å²) < 4.78 is 9.60. The number of methoxy groups -OCH3 is 1. The molecular weight excluding hydrogens is 242 g/mol. The lowest BCUT2D eigenvalue weighted by molar-refractivity contribution is -0.384. The largest absolute Gasteiger partial charge is 0.492 e. The molecule has 0 aliphatic heterocycles. The second-order valence-electron chi connectivity index (χ2n) is 3.27. The summed E-state index contributed by atoms with van der Waals surface area (Å²) in [5.41, 5.74) is -0.133. The molecule has 96 valence electrons. The fraction of sp³-hybridized carbons (Fsp3) is 0.273. The first-order valence-electron chi connectivity index (χ1n) is 5.01. The molecule has 0 bridgehead atoms. The van der Waals surface area contributed by atoms with E-state index in [1.807, 2.05) is 0 Å². The summed E-state index contributed by atoms with van der Waals surface area (Å²) in [5, 5.41) is 10.5. The maximum Gasteiger partial charge on any atom is 0.308 e. The fourth-order valence-corrected chi connectivity index (χ4v) is 1.22. The van der Waals surface area contributed by atoms with E-state index in [-0.39, 0.29) is 30.0 Å². The predicted octanol–water partition coefficient (Wildman–Crippen LogP) is 1.35. The number of rotatable bonds is 6. The van der Waals surface area contributed by atoms with E-state index in [0.717, 1.165) is 6.07 Å². The van der Waals surface area contributed by atoms with Crippen LogP contribution < -0.4 is 4.74 Å². The van der Waals surface area contributed by atoms with Crippen molar-refractivity contribution in [1.82, 2.24) is 0 Å². The summed E-state index contributed by atoms with van der Waals surface area (Å²) in [6.07, 6.45) is 0.492. The van der Waals surface area contributed by atoms with Gasteiger partial charge in [0.1, 0.15) is 5.75 Å². The van der Waals surface area contributed by atoms with Crippen molar-refractivity contribution in [2.75, 3.05) is 13.7 Å². The molecule has 0 atom stereocenters. The molecule has 18 heavy (non-hydrogen) atoms. The molecule has 0 fully saturated rings. The van der Waals surface area contributed by atoms with E-state index in [1.54, 1.807) is 0 Å².